The van der Waals surface area contributed by atoms with Gasteiger partial charge in [0.25, 0.3) is 5.91 Å². The van der Waals surface area contributed by atoms with Gasteiger partial charge in [-0.1, -0.05) is 23.2 Å². The summed E-state index contributed by atoms with van der Waals surface area (Å²) in [6.07, 6.45) is 0. The van der Waals surface area contributed by atoms with Crippen LogP contribution in [0.1, 0.15) is 30.0 Å². The van der Waals surface area contributed by atoms with Crippen LogP contribution in [0.3, 0.4) is 0 Å². The molecule has 1 amide bonds. The fourth-order valence-corrected chi connectivity index (χ4v) is 2.65. The Bertz CT molecular complexity index is 860. The highest BCUT2D eigenvalue weighted by molar-refractivity contribution is 7.90. The van der Waals surface area contributed by atoms with Crippen molar-refractivity contribution in [3.63, 3.8) is 0 Å². The first-order valence-corrected chi connectivity index (χ1v) is 9.00. The Morgan fingerprint density at radius 2 is 1.91 bits per heavy atom. The number of benzene rings is 1. The average Bonchev–Trinajstić information content (AvgIpc) is 2.83. The lowest BCUT2D eigenvalue weighted by molar-refractivity contribution is 0.0976. The van der Waals surface area contributed by atoms with Crippen LogP contribution >= 0.6 is 23.2 Å². The maximum absolute atomic E-state index is 12.1. The minimum atomic E-state index is -3.72. The molecule has 1 aromatic carbocycles. The molecular formula is C14H15Cl2N3O3S. The molecule has 0 saturated heterocycles. The van der Waals surface area contributed by atoms with Crippen LogP contribution in [0, 0.1) is 6.92 Å². The molecule has 0 saturated carbocycles. The van der Waals surface area contributed by atoms with E-state index < -0.39 is 21.2 Å². The van der Waals surface area contributed by atoms with Gasteiger partial charge in [-0.2, -0.15) is 0 Å². The molecule has 0 aliphatic carbocycles. The molecule has 9 heteroatoms. The summed E-state index contributed by atoms with van der Waals surface area (Å²) in [7, 11) is -3.72. The highest BCUT2D eigenvalue weighted by Crippen LogP contribution is 2.27. The Labute approximate surface area is 144 Å². The number of H-pyrrole nitrogens is 1. The lowest BCUT2D eigenvalue weighted by Gasteiger charge is -2.08. The Morgan fingerprint density at radius 3 is 2.48 bits per heavy atom. The van der Waals surface area contributed by atoms with Crippen LogP contribution in [-0.4, -0.2) is 29.5 Å². The van der Waals surface area contributed by atoms with Crippen molar-refractivity contribution in [2.45, 2.75) is 26.0 Å². The van der Waals surface area contributed by atoms with Crippen molar-refractivity contribution < 1.29 is 13.2 Å². The third-order valence-electron chi connectivity index (χ3n) is 3.15. The van der Waals surface area contributed by atoms with E-state index in [1.54, 1.807) is 25.1 Å². The Morgan fingerprint density at radius 1 is 1.26 bits per heavy atom. The van der Waals surface area contributed by atoms with Crippen LogP contribution in [0.25, 0.3) is 11.4 Å². The molecule has 0 atom stereocenters. The van der Waals surface area contributed by atoms with Crippen LogP contribution in [0.2, 0.25) is 10.0 Å². The molecule has 23 heavy (non-hydrogen) atoms. The van der Waals surface area contributed by atoms with Crippen molar-refractivity contribution in [3.05, 3.63) is 39.6 Å². The first kappa shape index (κ1) is 17.8. The summed E-state index contributed by atoms with van der Waals surface area (Å²) in [5.41, 5.74) is 1.09. The number of sulfonamides is 1. The van der Waals surface area contributed by atoms with Gasteiger partial charge >= 0.3 is 0 Å². The van der Waals surface area contributed by atoms with Crippen LogP contribution in [0.15, 0.2) is 18.2 Å². The van der Waals surface area contributed by atoms with E-state index in [0.29, 0.717) is 27.1 Å². The molecule has 124 valence electrons. The topological polar surface area (TPSA) is 91.9 Å². The summed E-state index contributed by atoms with van der Waals surface area (Å²) in [5.74, 6) is -0.382. The van der Waals surface area contributed by atoms with Crippen LogP contribution in [0.4, 0.5) is 0 Å². The molecule has 0 spiro atoms. The summed E-state index contributed by atoms with van der Waals surface area (Å²) in [6, 6.07) is 4.91. The van der Waals surface area contributed by atoms with Gasteiger partial charge in [-0.05, 0) is 39.0 Å². The van der Waals surface area contributed by atoms with Gasteiger partial charge in [0.1, 0.15) is 5.82 Å². The molecule has 0 aliphatic heterocycles. The van der Waals surface area contributed by atoms with Gasteiger partial charge in [0.15, 0.2) is 5.69 Å². The van der Waals surface area contributed by atoms with E-state index in [0.717, 1.165) is 0 Å². The largest absolute Gasteiger partial charge is 0.341 e. The van der Waals surface area contributed by atoms with Crippen molar-refractivity contribution in [2.24, 2.45) is 0 Å². The lowest BCUT2D eigenvalue weighted by Crippen LogP contribution is -2.36. The fourth-order valence-electron chi connectivity index (χ4n) is 1.76. The second kappa shape index (κ2) is 6.51. The molecule has 6 nitrogen and oxygen atoms in total. The number of nitrogens with one attached hydrogen (secondary N) is 2. The zero-order valence-electron chi connectivity index (χ0n) is 12.6. The van der Waals surface area contributed by atoms with Gasteiger partial charge in [-0.3, -0.25) is 4.79 Å². The van der Waals surface area contributed by atoms with Crippen molar-refractivity contribution in [3.8, 4) is 11.4 Å². The summed E-state index contributed by atoms with van der Waals surface area (Å²) >= 11 is 11.8. The predicted molar refractivity (Wildman–Crippen MR) is 90.3 cm³/mol. The third-order valence-corrected chi connectivity index (χ3v) is 5.60. The third kappa shape index (κ3) is 3.85. The molecule has 1 heterocycles. The first-order chi connectivity index (χ1) is 10.6. The number of hydrogen-bond acceptors (Lipinski definition) is 4. The number of amides is 1. The Kier molecular flexibility index (Phi) is 5.03. The van der Waals surface area contributed by atoms with Crippen LogP contribution in [-0.2, 0) is 10.0 Å². The number of aromatic nitrogens is 2. The summed E-state index contributed by atoms with van der Waals surface area (Å²) in [6.45, 7) is 4.59. The molecule has 2 aromatic rings. The number of rotatable bonds is 4. The summed E-state index contributed by atoms with van der Waals surface area (Å²) in [4.78, 5) is 19.2. The van der Waals surface area contributed by atoms with Gasteiger partial charge < -0.3 is 4.98 Å². The van der Waals surface area contributed by atoms with E-state index in [9.17, 15) is 13.2 Å². The molecule has 2 N–H and O–H groups in total. The van der Waals surface area contributed by atoms with E-state index in [2.05, 4.69) is 9.97 Å². The average molecular weight is 376 g/mol. The second-order valence-corrected chi connectivity index (χ2v) is 8.26. The van der Waals surface area contributed by atoms with Gasteiger partial charge in [-0.25, -0.2) is 18.1 Å². The van der Waals surface area contributed by atoms with E-state index in [1.165, 1.54) is 13.8 Å². The minimum Gasteiger partial charge on any atom is -0.341 e. The van der Waals surface area contributed by atoms with Crippen molar-refractivity contribution in [2.75, 3.05) is 0 Å². The van der Waals surface area contributed by atoms with E-state index in [-0.39, 0.29) is 5.69 Å². The second-order valence-electron chi connectivity index (χ2n) is 5.21. The SMILES string of the molecule is Cc1[nH]c(-c2ccc(Cl)c(Cl)c2)nc1C(=O)NS(=O)(=O)C(C)C. The maximum atomic E-state index is 12.1. The quantitative estimate of drug-likeness (QED) is 0.858. The minimum absolute atomic E-state index is 0.00953. The summed E-state index contributed by atoms with van der Waals surface area (Å²) < 4.78 is 25.6. The number of imidazole rings is 1. The standard InChI is InChI=1S/C14H15Cl2N3O3S/c1-7(2)23(21,22)19-14(20)12-8(3)17-13(18-12)9-4-5-10(15)11(16)6-9/h4-7H,1-3H3,(H,17,18)(H,19,20). The molecule has 1 aromatic heterocycles. The van der Waals surface area contributed by atoms with Gasteiger partial charge in [0.05, 0.1) is 15.3 Å². The molecule has 0 aliphatic rings. The van der Waals surface area contributed by atoms with Crippen molar-refractivity contribution >= 4 is 39.1 Å². The van der Waals surface area contributed by atoms with Crippen molar-refractivity contribution in [1.29, 1.82) is 0 Å². The van der Waals surface area contributed by atoms with E-state index in [4.69, 9.17) is 23.2 Å². The highest BCUT2D eigenvalue weighted by atomic mass is 35.5. The number of carbonyl (C=O) groups is 1. The van der Waals surface area contributed by atoms with E-state index in [1.807, 2.05) is 4.72 Å². The van der Waals surface area contributed by atoms with Gasteiger partial charge in [-0.15, -0.1) is 0 Å². The number of hydrogen-bond donors (Lipinski definition) is 2. The van der Waals surface area contributed by atoms with Crippen LogP contribution in [0.5, 0.6) is 0 Å². The molecule has 0 radical (unpaired) electrons. The van der Waals surface area contributed by atoms with Gasteiger partial charge in [0.2, 0.25) is 10.0 Å². The fraction of sp³-hybridized carbons (Fsp3) is 0.286. The maximum Gasteiger partial charge on any atom is 0.285 e. The summed E-state index contributed by atoms with van der Waals surface area (Å²) in [5, 5.41) is 0.0338. The number of halogens is 2. The number of aryl methyl sites for hydroxylation is 1. The highest BCUT2D eigenvalue weighted by Gasteiger charge is 2.23. The Hall–Kier alpha value is -1.57. The zero-order chi connectivity index (χ0) is 17.4. The van der Waals surface area contributed by atoms with Crippen molar-refractivity contribution in [1.82, 2.24) is 14.7 Å². The van der Waals surface area contributed by atoms with Crippen LogP contribution < -0.4 is 4.72 Å². The molecule has 2 rings (SSSR count). The number of carbonyl (C=O) groups excluding carboxylic acids is 1. The monoisotopic (exact) mass is 375 g/mol. The molecule has 0 bridgehead atoms. The Balaban J connectivity index is 2.34. The lowest BCUT2D eigenvalue weighted by atomic mass is 10.2. The first-order valence-electron chi connectivity index (χ1n) is 6.70. The number of aromatic amines is 1. The van der Waals surface area contributed by atoms with Gasteiger partial charge in [0, 0.05) is 11.3 Å². The number of nitrogens with zero attached hydrogens (tertiary/aromatic N) is 1. The predicted octanol–water partition coefficient (Wildman–Crippen LogP) is 3.16. The molecule has 0 unspecified atom stereocenters. The van der Waals surface area contributed by atoms with E-state index >= 15 is 0 Å². The normalized spacial score (nSPS) is 11.7. The molecular weight excluding hydrogens is 361 g/mol. The zero-order valence-corrected chi connectivity index (χ0v) is 15.0. The smallest absolute Gasteiger partial charge is 0.285 e. The molecule has 0 fully saturated rings.